The normalized spacial score (nSPS) is 29.8. The van der Waals surface area contributed by atoms with Crippen molar-refractivity contribution in [2.75, 3.05) is 26.9 Å². The molecule has 0 heterocycles. The summed E-state index contributed by atoms with van der Waals surface area (Å²) in [5.74, 6) is 0. The van der Waals surface area contributed by atoms with Gasteiger partial charge in [-0.2, -0.15) is 0 Å². The summed E-state index contributed by atoms with van der Waals surface area (Å²) in [6.45, 7) is 7.96. The number of ether oxygens (including phenoxy) is 2. The van der Waals surface area contributed by atoms with Gasteiger partial charge >= 0.3 is 0 Å². The number of aliphatic hydroxyl groups is 1. The fourth-order valence-electron chi connectivity index (χ4n) is 2.22. The Kier molecular flexibility index (Phi) is 5.18. The molecular formula is C12H25NO3. The van der Waals surface area contributed by atoms with E-state index in [-0.39, 0.29) is 5.41 Å². The van der Waals surface area contributed by atoms with Crippen molar-refractivity contribution in [1.82, 2.24) is 5.32 Å². The third kappa shape index (κ3) is 3.17. The molecule has 2 N–H and O–H groups in total. The molecule has 16 heavy (non-hydrogen) atoms. The Morgan fingerprint density at radius 1 is 1.50 bits per heavy atom. The Hall–Kier alpha value is -0.160. The molecule has 0 aromatic heterocycles. The summed E-state index contributed by atoms with van der Waals surface area (Å²) >= 11 is 0. The van der Waals surface area contributed by atoms with E-state index in [9.17, 15) is 5.11 Å². The topological polar surface area (TPSA) is 50.7 Å². The van der Waals surface area contributed by atoms with E-state index in [0.29, 0.717) is 31.9 Å². The minimum absolute atomic E-state index is 0.153. The van der Waals surface area contributed by atoms with Crippen molar-refractivity contribution in [3.8, 4) is 0 Å². The van der Waals surface area contributed by atoms with Gasteiger partial charge < -0.3 is 19.9 Å². The van der Waals surface area contributed by atoms with Crippen LogP contribution in [0.1, 0.15) is 27.2 Å². The van der Waals surface area contributed by atoms with Crippen LogP contribution in [0.2, 0.25) is 0 Å². The lowest BCUT2D eigenvalue weighted by Crippen LogP contribution is -2.61. The van der Waals surface area contributed by atoms with Gasteiger partial charge in [-0.25, -0.2) is 0 Å². The summed E-state index contributed by atoms with van der Waals surface area (Å²) in [6, 6.07) is 0.425. The zero-order chi connectivity index (χ0) is 12.2. The van der Waals surface area contributed by atoms with E-state index in [4.69, 9.17) is 9.47 Å². The second kappa shape index (κ2) is 5.96. The number of hydrogen-bond donors (Lipinski definition) is 2. The van der Waals surface area contributed by atoms with Gasteiger partial charge in [0.05, 0.1) is 18.8 Å². The summed E-state index contributed by atoms with van der Waals surface area (Å²) in [4.78, 5) is 0. The van der Waals surface area contributed by atoms with Crippen molar-refractivity contribution in [2.24, 2.45) is 5.41 Å². The first-order valence-corrected chi connectivity index (χ1v) is 6.04. The molecule has 0 aromatic carbocycles. The number of hydrogen-bond acceptors (Lipinski definition) is 4. The van der Waals surface area contributed by atoms with Crippen LogP contribution in [0, 0.1) is 5.41 Å². The van der Waals surface area contributed by atoms with Crippen molar-refractivity contribution in [1.29, 1.82) is 0 Å². The molecule has 0 aliphatic heterocycles. The fraction of sp³-hybridized carbons (Fsp3) is 1.00. The van der Waals surface area contributed by atoms with Crippen LogP contribution in [0.5, 0.6) is 0 Å². The van der Waals surface area contributed by atoms with Crippen LogP contribution >= 0.6 is 0 Å². The van der Waals surface area contributed by atoms with Crippen LogP contribution in [-0.4, -0.2) is 50.2 Å². The van der Waals surface area contributed by atoms with Gasteiger partial charge in [-0.1, -0.05) is 13.8 Å². The van der Waals surface area contributed by atoms with Gasteiger partial charge in [-0.05, 0) is 13.3 Å². The zero-order valence-corrected chi connectivity index (χ0v) is 10.8. The van der Waals surface area contributed by atoms with Crippen LogP contribution in [0.3, 0.4) is 0 Å². The van der Waals surface area contributed by atoms with Gasteiger partial charge in [0.1, 0.15) is 0 Å². The highest BCUT2D eigenvalue weighted by Gasteiger charge is 2.48. The number of methoxy groups -OCH3 is 1. The molecule has 1 saturated carbocycles. The van der Waals surface area contributed by atoms with Gasteiger partial charge in [0, 0.05) is 31.7 Å². The predicted octanol–water partition coefficient (Wildman–Crippen LogP) is 0.787. The molecule has 0 bridgehead atoms. The summed E-state index contributed by atoms with van der Waals surface area (Å²) in [5.41, 5.74) is 0.153. The van der Waals surface area contributed by atoms with Gasteiger partial charge in [-0.15, -0.1) is 0 Å². The van der Waals surface area contributed by atoms with E-state index in [2.05, 4.69) is 19.2 Å². The van der Waals surface area contributed by atoms with E-state index < -0.39 is 6.10 Å². The van der Waals surface area contributed by atoms with E-state index in [1.54, 1.807) is 7.11 Å². The number of nitrogens with one attached hydrogen (secondary N) is 1. The summed E-state index contributed by atoms with van der Waals surface area (Å²) < 4.78 is 10.5. The van der Waals surface area contributed by atoms with E-state index in [1.807, 2.05) is 6.92 Å². The molecular weight excluding hydrogens is 206 g/mol. The van der Waals surface area contributed by atoms with Crippen molar-refractivity contribution in [3.05, 3.63) is 0 Å². The van der Waals surface area contributed by atoms with E-state index in [0.717, 1.165) is 6.42 Å². The molecule has 3 unspecified atom stereocenters. The van der Waals surface area contributed by atoms with Crippen LogP contribution in [-0.2, 0) is 9.47 Å². The Morgan fingerprint density at radius 2 is 2.19 bits per heavy atom. The second-order valence-corrected chi connectivity index (χ2v) is 5.06. The smallest absolute Gasteiger partial charge is 0.0897 e. The Bertz CT molecular complexity index is 208. The summed E-state index contributed by atoms with van der Waals surface area (Å²) in [5, 5.41) is 13.0. The molecule has 1 fully saturated rings. The molecule has 0 amide bonds. The third-order valence-corrected chi connectivity index (χ3v) is 3.58. The first kappa shape index (κ1) is 13.9. The van der Waals surface area contributed by atoms with Gasteiger partial charge in [-0.3, -0.25) is 0 Å². The molecule has 0 radical (unpaired) electrons. The SMILES string of the molecule is CCOCC(O)CNC1CC(OC)C1(C)C. The predicted molar refractivity (Wildman–Crippen MR) is 63.5 cm³/mol. The van der Waals surface area contributed by atoms with Crippen LogP contribution in [0.25, 0.3) is 0 Å². The third-order valence-electron chi connectivity index (χ3n) is 3.58. The van der Waals surface area contributed by atoms with Crippen LogP contribution in [0.4, 0.5) is 0 Å². The van der Waals surface area contributed by atoms with Crippen LogP contribution in [0.15, 0.2) is 0 Å². The standard InChI is InChI=1S/C12H25NO3/c1-5-16-8-9(14)7-13-10-6-11(15-4)12(10,2)3/h9-11,13-14H,5-8H2,1-4H3. The second-order valence-electron chi connectivity index (χ2n) is 5.06. The lowest BCUT2D eigenvalue weighted by molar-refractivity contribution is -0.100. The van der Waals surface area contributed by atoms with Crippen molar-refractivity contribution >= 4 is 0 Å². The Morgan fingerprint density at radius 3 is 2.69 bits per heavy atom. The summed E-state index contributed by atoms with van der Waals surface area (Å²) in [7, 11) is 1.76. The highest BCUT2D eigenvalue weighted by atomic mass is 16.5. The molecule has 96 valence electrons. The quantitative estimate of drug-likeness (QED) is 0.680. The van der Waals surface area contributed by atoms with Gasteiger partial charge in [0.2, 0.25) is 0 Å². The molecule has 1 aliphatic carbocycles. The molecule has 3 atom stereocenters. The minimum atomic E-state index is -0.419. The lowest BCUT2D eigenvalue weighted by atomic mass is 9.64. The molecule has 4 nitrogen and oxygen atoms in total. The zero-order valence-electron chi connectivity index (χ0n) is 10.8. The highest BCUT2D eigenvalue weighted by Crippen LogP contribution is 2.42. The van der Waals surface area contributed by atoms with E-state index in [1.165, 1.54) is 0 Å². The molecule has 1 aliphatic rings. The molecule has 0 spiro atoms. The molecule has 4 heteroatoms. The van der Waals surface area contributed by atoms with Gasteiger partial charge in [0.15, 0.2) is 0 Å². The summed E-state index contributed by atoms with van der Waals surface area (Å²) in [6.07, 6.45) is 0.927. The van der Waals surface area contributed by atoms with Gasteiger partial charge in [0.25, 0.3) is 0 Å². The maximum Gasteiger partial charge on any atom is 0.0897 e. The Balaban J connectivity index is 2.20. The fourth-order valence-corrected chi connectivity index (χ4v) is 2.22. The van der Waals surface area contributed by atoms with Crippen LogP contribution < -0.4 is 5.32 Å². The maximum atomic E-state index is 9.62. The van der Waals surface area contributed by atoms with Crippen molar-refractivity contribution in [2.45, 2.75) is 45.4 Å². The molecule has 0 aromatic rings. The largest absolute Gasteiger partial charge is 0.389 e. The number of rotatable bonds is 7. The van der Waals surface area contributed by atoms with Crippen molar-refractivity contribution in [3.63, 3.8) is 0 Å². The molecule has 0 saturated heterocycles. The average Bonchev–Trinajstić information content (AvgIpc) is 2.25. The number of aliphatic hydroxyl groups excluding tert-OH is 1. The Labute approximate surface area is 98.3 Å². The monoisotopic (exact) mass is 231 g/mol. The molecule has 1 rings (SSSR count). The minimum Gasteiger partial charge on any atom is -0.389 e. The average molecular weight is 231 g/mol. The lowest BCUT2D eigenvalue weighted by Gasteiger charge is -2.51. The van der Waals surface area contributed by atoms with E-state index >= 15 is 0 Å². The first-order valence-electron chi connectivity index (χ1n) is 6.04. The van der Waals surface area contributed by atoms with Crippen molar-refractivity contribution < 1.29 is 14.6 Å². The highest BCUT2D eigenvalue weighted by molar-refractivity contribution is 5.02. The maximum absolute atomic E-state index is 9.62. The first-order chi connectivity index (χ1) is 7.52.